The SMILES string of the molecule is N#C[C@@H](Sc1ncc(C(F)(F)F)cc1Cl)c1ccc(Cl)cc1. The van der Waals surface area contributed by atoms with Gasteiger partial charge in [0.05, 0.1) is 16.7 Å². The van der Waals surface area contributed by atoms with Crippen LogP contribution in [0.1, 0.15) is 16.4 Å². The molecule has 0 aliphatic heterocycles. The summed E-state index contributed by atoms with van der Waals surface area (Å²) in [6, 6.07) is 9.45. The second kappa shape index (κ2) is 6.78. The van der Waals surface area contributed by atoms with Crippen molar-refractivity contribution in [3.8, 4) is 6.07 Å². The number of hydrogen-bond donors (Lipinski definition) is 0. The molecular weight excluding hydrogens is 356 g/mol. The number of nitrogens with zero attached hydrogens (tertiary/aromatic N) is 2. The Morgan fingerprint density at radius 1 is 1.18 bits per heavy atom. The first-order chi connectivity index (χ1) is 10.3. The van der Waals surface area contributed by atoms with Crippen LogP contribution in [0.5, 0.6) is 0 Å². The molecule has 0 aliphatic carbocycles. The summed E-state index contributed by atoms with van der Waals surface area (Å²) in [6.07, 6.45) is -3.81. The van der Waals surface area contributed by atoms with Crippen molar-refractivity contribution in [2.75, 3.05) is 0 Å². The third kappa shape index (κ3) is 4.07. The highest BCUT2D eigenvalue weighted by Gasteiger charge is 2.31. The molecule has 1 aromatic carbocycles. The van der Waals surface area contributed by atoms with Gasteiger partial charge in [-0.25, -0.2) is 4.98 Å². The van der Waals surface area contributed by atoms with Gasteiger partial charge < -0.3 is 0 Å². The Balaban J connectivity index is 2.25. The van der Waals surface area contributed by atoms with Crippen molar-refractivity contribution in [2.45, 2.75) is 16.5 Å². The fraction of sp³-hybridized carbons (Fsp3) is 0.143. The van der Waals surface area contributed by atoms with Crippen molar-refractivity contribution in [3.63, 3.8) is 0 Å². The molecule has 0 N–H and O–H groups in total. The van der Waals surface area contributed by atoms with Crippen LogP contribution in [-0.2, 0) is 6.18 Å². The van der Waals surface area contributed by atoms with Gasteiger partial charge in [0.1, 0.15) is 10.3 Å². The Kier molecular flexibility index (Phi) is 5.22. The van der Waals surface area contributed by atoms with E-state index in [0.29, 0.717) is 16.8 Å². The standard InChI is InChI=1S/C14H7Cl2F3N2S/c15-10-3-1-8(2-4-10)12(6-20)22-13-11(16)5-9(7-21-13)14(17,18)19/h1-5,7,12H/t12-/m1/s1. The lowest BCUT2D eigenvalue weighted by Crippen LogP contribution is -2.05. The largest absolute Gasteiger partial charge is 0.417 e. The van der Waals surface area contributed by atoms with Crippen LogP contribution in [0.3, 0.4) is 0 Å². The van der Waals surface area contributed by atoms with Gasteiger partial charge in [-0.2, -0.15) is 18.4 Å². The van der Waals surface area contributed by atoms with Crippen LogP contribution in [0.4, 0.5) is 13.2 Å². The number of halogens is 5. The molecule has 0 fully saturated rings. The molecule has 1 heterocycles. The summed E-state index contributed by atoms with van der Waals surface area (Å²) in [5, 5.41) is 9.12. The lowest BCUT2D eigenvalue weighted by Gasteiger charge is -2.12. The lowest BCUT2D eigenvalue weighted by atomic mass is 10.2. The second-order valence-electron chi connectivity index (χ2n) is 4.19. The third-order valence-corrected chi connectivity index (χ3v) is 4.47. The van der Waals surface area contributed by atoms with E-state index in [4.69, 9.17) is 23.2 Å². The van der Waals surface area contributed by atoms with E-state index >= 15 is 0 Å². The van der Waals surface area contributed by atoms with E-state index in [1.807, 2.05) is 0 Å². The Morgan fingerprint density at radius 2 is 1.82 bits per heavy atom. The first kappa shape index (κ1) is 16.9. The van der Waals surface area contributed by atoms with Crippen molar-refractivity contribution in [1.29, 1.82) is 5.26 Å². The van der Waals surface area contributed by atoms with E-state index in [9.17, 15) is 18.4 Å². The first-order valence-electron chi connectivity index (χ1n) is 5.85. The van der Waals surface area contributed by atoms with Gasteiger partial charge >= 0.3 is 6.18 Å². The van der Waals surface area contributed by atoms with E-state index in [2.05, 4.69) is 11.1 Å². The van der Waals surface area contributed by atoms with Crippen LogP contribution >= 0.6 is 35.0 Å². The van der Waals surface area contributed by atoms with Gasteiger partial charge in [-0.1, -0.05) is 47.1 Å². The van der Waals surface area contributed by atoms with E-state index in [1.165, 1.54) is 0 Å². The topological polar surface area (TPSA) is 36.7 Å². The fourth-order valence-electron chi connectivity index (χ4n) is 1.59. The number of rotatable bonds is 3. The molecule has 0 radical (unpaired) electrons. The molecule has 0 unspecified atom stereocenters. The minimum absolute atomic E-state index is 0.144. The molecule has 0 saturated carbocycles. The van der Waals surface area contributed by atoms with Gasteiger partial charge in [0, 0.05) is 11.2 Å². The van der Waals surface area contributed by atoms with Crippen LogP contribution in [0.2, 0.25) is 10.0 Å². The monoisotopic (exact) mass is 362 g/mol. The number of thioether (sulfide) groups is 1. The summed E-state index contributed by atoms with van der Waals surface area (Å²) in [6.45, 7) is 0. The second-order valence-corrected chi connectivity index (χ2v) is 6.12. The number of benzene rings is 1. The predicted octanol–water partition coefficient (Wildman–Crippen LogP) is 5.76. The molecule has 0 saturated heterocycles. The zero-order chi connectivity index (χ0) is 16.3. The molecule has 1 atom stereocenters. The van der Waals surface area contributed by atoms with Crippen molar-refractivity contribution in [1.82, 2.24) is 4.98 Å². The quantitative estimate of drug-likeness (QED) is 0.650. The van der Waals surface area contributed by atoms with Crippen LogP contribution < -0.4 is 0 Å². The van der Waals surface area contributed by atoms with Gasteiger partial charge in [-0.05, 0) is 23.8 Å². The maximum Gasteiger partial charge on any atom is 0.417 e. The average Bonchev–Trinajstić information content (AvgIpc) is 2.46. The molecule has 8 heteroatoms. The van der Waals surface area contributed by atoms with Crippen LogP contribution in [0.15, 0.2) is 41.6 Å². The van der Waals surface area contributed by atoms with Crippen molar-refractivity contribution in [3.05, 3.63) is 57.7 Å². The van der Waals surface area contributed by atoms with Gasteiger partial charge in [-0.3, -0.25) is 0 Å². The van der Waals surface area contributed by atoms with Crippen LogP contribution in [-0.4, -0.2) is 4.98 Å². The zero-order valence-corrected chi connectivity index (χ0v) is 13.1. The van der Waals surface area contributed by atoms with Crippen molar-refractivity contribution < 1.29 is 13.2 Å². The summed E-state index contributed by atoms with van der Waals surface area (Å²) in [5.74, 6) is 0. The molecule has 0 spiro atoms. The number of aromatic nitrogens is 1. The fourth-order valence-corrected chi connectivity index (χ4v) is 2.87. The number of hydrogen-bond acceptors (Lipinski definition) is 3. The molecule has 2 nitrogen and oxygen atoms in total. The molecule has 0 aliphatic rings. The summed E-state index contributed by atoms with van der Waals surface area (Å²) >= 11 is 12.6. The molecule has 2 rings (SSSR count). The van der Waals surface area contributed by atoms with Crippen LogP contribution in [0.25, 0.3) is 0 Å². The van der Waals surface area contributed by atoms with Gasteiger partial charge in [0.15, 0.2) is 0 Å². The summed E-state index contributed by atoms with van der Waals surface area (Å²) in [5.41, 5.74) is -0.267. The molecule has 0 amide bonds. The van der Waals surface area contributed by atoms with E-state index in [0.717, 1.165) is 17.8 Å². The van der Waals surface area contributed by atoms with Gasteiger partial charge in [-0.15, -0.1) is 0 Å². The highest BCUT2D eigenvalue weighted by Crippen LogP contribution is 2.39. The predicted molar refractivity (Wildman–Crippen MR) is 79.9 cm³/mol. The van der Waals surface area contributed by atoms with Gasteiger partial charge in [0.25, 0.3) is 0 Å². The molecule has 0 bridgehead atoms. The van der Waals surface area contributed by atoms with Gasteiger partial charge in [0.2, 0.25) is 0 Å². The molecule has 114 valence electrons. The maximum atomic E-state index is 12.6. The van der Waals surface area contributed by atoms with Crippen molar-refractivity contribution in [2.24, 2.45) is 0 Å². The smallest absolute Gasteiger partial charge is 0.248 e. The Labute approximate surface area is 138 Å². The molecule has 2 aromatic rings. The minimum Gasteiger partial charge on any atom is -0.248 e. The number of nitriles is 1. The number of alkyl halides is 3. The molecular formula is C14H7Cl2F3N2S. The molecule has 1 aromatic heterocycles. The van der Waals surface area contributed by atoms with Crippen molar-refractivity contribution >= 4 is 35.0 Å². The number of pyridine rings is 1. The highest BCUT2D eigenvalue weighted by molar-refractivity contribution is 7.99. The summed E-state index contributed by atoms with van der Waals surface area (Å²) in [7, 11) is 0. The Hall–Kier alpha value is -1.42. The van der Waals surface area contributed by atoms with E-state index < -0.39 is 17.0 Å². The Morgan fingerprint density at radius 3 is 2.32 bits per heavy atom. The van der Waals surface area contributed by atoms with E-state index in [1.54, 1.807) is 24.3 Å². The summed E-state index contributed by atoms with van der Waals surface area (Å²) < 4.78 is 37.7. The highest BCUT2D eigenvalue weighted by atomic mass is 35.5. The minimum atomic E-state index is -4.51. The zero-order valence-electron chi connectivity index (χ0n) is 10.7. The first-order valence-corrected chi connectivity index (χ1v) is 7.49. The van der Waals surface area contributed by atoms with E-state index in [-0.39, 0.29) is 10.0 Å². The Bertz CT molecular complexity index is 712. The molecule has 22 heavy (non-hydrogen) atoms. The third-order valence-electron chi connectivity index (χ3n) is 2.65. The van der Waals surface area contributed by atoms with Crippen LogP contribution in [0, 0.1) is 11.3 Å². The average molecular weight is 363 g/mol. The maximum absolute atomic E-state index is 12.6. The summed E-state index contributed by atoms with van der Waals surface area (Å²) in [4.78, 5) is 3.71. The lowest BCUT2D eigenvalue weighted by molar-refractivity contribution is -0.137. The normalized spacial score (nSPS) is 12.7.